The zero-order valence-electron chi connectivity index (χ0n) is 14.2. The molecule has 0 aliphatic carbocycles. The zero-order valence-corrected chi connectivity index (χ0v) is 15.8. The molecule has 0 radical (unpaired) electrons. The van der Waals surface area contributed by atoms with Crippen LogP contribution in [0.1, 0.15) is 12.8 Å². The third-order valence-electron chi connectivity index (χ3n) is 3.50. The molecule has 0 bridgehead atoms. The monoisotopic (exact) mass is 398 g/mol. The molecule has 0 atom stereocenters. The van der Waals surface area contributed by atoms with Crippen LogP contribution in [0.15, 0.2) is 57.8 Å². The third-order valence-corrected chi connectivity index (χ3v) is 5.29. The van der Waals surface area contributed by atoms with Crippen LogP contribution in [0.25, 0.3) is 16.4 Å². The molecular formula is C17H14N6O2S2. The van der Waals surface area contributed by atoms with Crippen molar-refractivity contribution in [2.75, 3.05) is 5.32 Å². The summed E-state index contributed by atoms with van der Waals surface area (Å²) in [6.45, 7) is 1.47. The van der Waals surface area contributed by atoms with Gasteiger partial charge in [-0.25, -0.2) is 0 Å². The van der Waals surface area contributed by atoms with Crippen LogP contribution in [0, 0.1) is 0 Å². The Morgan fingerprint density at radius 1 is 1.33 bits per heavy atom. The largest absolute Gasteiger partial charge is 0.338 e. The van der Waals surface area contributed by atoms with E-state index in [1.807, 2.05) is 46.3 Å². The van der Waals surface area contributed by atoms with E-state index in [1.165, 1.54) is 18.7 Å². The standard InChI is InChI=1S/C17H14N6O2S2/c1-11(24)19-12-4-2-5-13(8-12)23-10-18-21-17(23)27-9-15-20-16(22-25-15)14-6-3-7-26-14/h2-8,10H,9H2,1H3,(H,19,24). The highest BCUT2D eigenvalue weighted by Gasteiger charge is 2.13. The molecule has 1 aromatic carbocycles. The normalized spacial score (nSPS) is 10.9. The van der Waals surface area contributed by atoms with E-state index in [0.717, 1.165) is 10.6 Å². The average Bonchev–Trinajstić information content (AvgIpc) is 3.39. The number of nitrogens with zero attached hydrogens (tertiary/aromatic N) is 5. The lowest BCUT2D eigenvalue weighted by Gasteiger charge is -2.08. The second kappa shape index (κ2) is 7.72. The second-order valence-corrected chi connectivity index (χ2v) is 7.38. The van der Waals surface area contributed by atoms with Crippen molar-refractivity contribution in [3.8, 4) is 16.4 Å². The molecule has 1 N–H and O–H groups in total. The minimum atomic E-state index is -0.122. The fraction of sp³-hybridized carbons (Fsp3) is 0.118. The van der Waals surface area contributed by atoms with Crippen molar-refractivity contribution < 1.29 is 9.32 Å². The van der Waals surface area contributed by atoms with Crippen LogP contribution in [0.3, 0.4) is 0 Å². The molecule has 0 saturated carbocycles. The molecule has 27 heavy (non-hydrogen) atoms. The van der Waals surface area contributed by atoms with Crippen molar-refractivity contribution in [2.45, 2.75) is 17.8 Å². The Bertz CT molecular complexity index is 1060. The van der Waals surface area contributed by atoms with E-state index in [2.05, 4.69) is 25.7 Å². The lowest BCUT2D eigenvalue weighted by molar-refractivity contribution is -0.114. The lowest BCUT2D eigenvalue weighted by Crippen LogP contribution is -2.06. The highest BCUT2D eigenvalue weighted by molar-refractivity contribution is 7.98. The van der Waals surface area contributed by atoms with Gasteiger partial charge in [0.25, 0.3) is 0 Å². The number of carbonyl (C=O) groups is 1. The molecule has 3 heterocycles. The Morgan fingerprint density at radius 2 is 2.26 bits per heavy atom. The Morgan fingerprint density at radius 3 is 3.07 bits per heavy atom. The predicted octanol–water partition coefficient (Wildman–Crippen LogP) is 3.63. The number of thioether (sulfide) groups is 1. The maximum atomic E-state index is 11.3. The number of anilines is 1. The van der Waals surface area contributed by atoms with Gasteiger partial charge in [0.1, 0.15) is 6.33 Å². The summed E-state index contributed by atoms with van der Waals surface area (Å²) in [5, 5.41) is 17.6. The van der Waals surface area contributed by atoms with Crippen molar-refractivity contribution in [3.05, 3.63) is 54.0 Å². The van der Waals surface area contributed by atoms with Crippen LogP contribution in [0.4, 0.5) is 5.69 Å². The molecule has 136 valence electrons. The van der Waals surface area contributed by atoms with Gasteiger partial charge in [-0.2, -0.15) is 4.98 Å². The Labute approximate surface area is 162 Å². The van der Waals surface area contributed by atoms with E-state index in [4.69, 9.17) is 4.52 Å². The molecule has 3 aromatic heterocycles. The highest BCUT2D eigenvalue weighted by Crippen LogP contribution is 2.26. The van der Waals surface area contributed by atoms with Gasteiger partial charge in [-0.1, -0.05) is 29.1 Å². The second-order valence-electron chi connectivity index (χ2n) is 5.49. The summed E-state index contributed by atoms with van der Waals surface area (Å²) in [7, 11) is 0. The number of nitrogens with one attached hydrogen (secondary N) is 1. The molecule has 0 aliphatic heterocycles. The smallest absolute Gasteiger partial charge is 0.237 e. The molecule has 0 spiro atoms. The number of hydrogen-bond acceptors (Lipinski definition) is 8. The molecule has 8 nitrogen and oxygen atoms in total. The van der Waals surface area contributed by atoms with Crippen LogP contribution in [0.5, 0.6) is 0 Å². The van der Waals surface area contributed by atoms with E-state index in [0.29, 0.717) is 28.3 Å². The summed E-state index contributed by atoms with van der Waals surface area (Å²) in [5.74, 6) is 1.46. The number of thiophene rings is 1. The van der Waals surface area contributed by atoms with E-state index in [1.54, 1.807) is 17.7 Å². The molecule has 0 saturated heterocycles. The van der Waals surface area contributed by atoms with Crippen molar-refractivity contribution >= 4 is 34.7 Å². The fourth-order valence-electron chi connectivity index (χ4n) is 2.38. The first-order valence-electron chi connectivity index (χ1n) is 7.96. The Balaban J connectivity index is 1.49. The molecule has 0 unspecified atom stereocenters. The van der Waals surface area contributed by atoms with Gasteiger partial charge in [0, 0.05) is 12.6 Å². The van der Waals surface area contributed by atoms with Crippen molar-refractivity contribution in [1.82, 2.24) is 24.9 Å². The van der Waals surface area contributed by atoms with Gasteiger partial charge in [0.05, 0.1) is 16.3 Å². The summed E-state index contributed by atoms with van der Waals surface area (Å²) in [5.41, 5.74) is 1.56. The van der Waals surface area contributed by atoms with Gasteiger partial charge >= 0.3 is 0 Å². The average molecular weight is 398 g/mol. The molecule has 10 heteroatoms. The van der Waals surface area contributed by atoms with Crippen LogP contribution >= 0.6 is 23.1 Å². The highest BCUT2D eigenvalue weighted by atomic mass is 32.2. The third kappa shape index (κ3) is 4.07. The van der Waals surface area contributed by atoms with Gasteiger partial charge in [-0.05, 0) is 29.6 Å². The number of aromatic nitrogens is 5. The summed E-state index contributed by atoms with van der Waals surface area (Å²) in [4.78, 5) is 16.6. The maximum absolute atomic E-state index is 11.3. The van der Waals surface area contributed by atoms with E-state index in [9.17, 15) is 4.79 Å². The van der Waals surface area contributed by atoms with Gasteiger partial charge in [0.2, 0.25) is 17.6 Å². The summed E-state index contributed by atoms with van der Waals surface area (Å²) in [6.07, 6.45) is 1.63. The van der Waals surface area contributed by atoms with E-state index in [-0.39, 0.29) is 5.91 Å². The zero-order chi connectivity index (χ0) is 18.6. The SMILES string of the molecule is CC(=O)Nc1cccc(-n2cnnc2SCc2nc(-c3cccs3)no2)c1. The lowest BCUT2D eigenvalue weighted by atomic mass is 10.2. The minimum absolute atomic E-state index is 0.122. The number of hydrogen-bond donors (Lipinski definition) is 1. The van der Waals surface area contributed by atoms with Crippen LogP contribution in [-0.2, 0) is 10.5 Å². The van der Waals surface area contributed by atoms with E-state index < -0.39 is 0 Å². The van der Waals surface area contributed by atoms with Crippen LogP contribution in [-0.4, -0.2) is 30.8 Å². The molecule has 4 aromatic rings. The van der Waals surface area contributed by atoms with Gasteiger partial charge in [-0.15, -0.1) is 21.5 Å². The first-order chi connectivity index (χ1) is 13.2. The number of carbonyl (C=O) groups excluding carboxylic acids is 1. The Kier molecular flexibility index (Phi) is 4.99. The van der Waals surface area contributed by atoms with Gasteiger partial charge < -0.3 is 9.84 Å². The summed E-state index contributed by atoms with van der Waals surface area (Å²) in [6, 6.07) is 11.4. The maximum Gasteiger partial charge on any atom is 0.237 e. The molecule has 0 fully saturated rings. The molecular weight excluding hydrogens is 384 g/mol. The first-order valence-corrected chi connectivity index (χ1v) is 9.83. The predicted molar refractivity (Wildman–Crippen MR) is 103 cm³/mol. The van der Waals surface area contributed by atoms with Crippen LogP contribution < -0.4 is 5.32 Å². The Hall–Kier alpha value is -2.98. The summed E-state index contributed by atoms with van der Waals surface area (Å²) >= 11 is 3.00. The van der Waals surface area contributed by atoms with Crippen molar-refractivity contribution in [1.29, 1.82) is 0 Å². The van der Waals surface area contributed by atoms with E-state index >= 15 is 0 Å². The quantitative estimate of drug-likeness (QED) is 0.495. The molecule has 0 aliphatic rings. The number of rotatable bonds is 6. The molecule has 4 rings (SSSR count). The van der Waals surface area contributed by atoms with Crippen LogP contribution in [0.2, 0.25) is 0 Å². The topological polar surface area (TPSA) is 98.7 Å². The number of amides is 1. The number of benzene rings is 1. The van der Waals surface area contributed by atoms with Crippen molar-refractivity contribution in [2.24, 2.45) is 0 Å². The minimum Gasteiger partial charge on any atom is -0.338 e. The fourth-order valence-corrected chi connectivity index (χ4v) is 3.80. The van der Waals surface area contributed by atoms with Gasteiger partial charge in [-0.3, -0.25) is 9.36 Å². The van der Waals surface area contributed by atoms with Crippen molar-refractivity contribution in [3.63, 3.8) is 0 Å². The molecule has 1 amide bonds. The first kappa shape index (κ1) is 17.4. The van der Waals surface area contributed by atoms with Gasteiger partial charge in [0.15, 0.2) is 5.16 Å². The summed E-state index contributed by atoms with van der Waals surface area (Å²) < 4.78 is 7.15.